The second-order valence-electron chi connectivity index (χ2n) is 6.91. The number of hydrogen-bond acceptors (Lipinski definition) is 4. The highest BCUT2D eigenvalue weighted by molar-refractivity contribution is 6.05. The molecule has 3 aromatic rings. The molecule has 0 radical (unpaired) electrons. The number of anilines is 1. The Morgan fingerprint density at radius 2 is 1.85 bits per heavy atom. The Balaban J connectivity index is 1.68. The largest absolute Gasteiger partial charge is 0.306 e. The number of benzene rings is 1. The van der Waals surface area contributed by atoms with Crippen molar-refractivity contribution >= 4 is 11.7 Å². The molecule has 6 heteroatoms. The Morgan fingerprint density at radius 1 is 1.07 bits per heavy atom. The lowest BCUT2D eigenvalue weighted by atomic mass is 10.0. The van der Waals surface area contributed by atoms with Crippen LogP contribution in [0.15, 0.2) is 67.1 Å². The van der Waals surface area contributed by atoms with Crippen LogP contribution in [0, 0.1) is 0 Å². The van der Waals surface area contributed by atoms with Crippen molar-refractivity contribution in [3.05, 3.63) is 72.7 Å². The first-order chi connectivity index (χ1) is 13.2. The molecule has 1 aliphatic rings. The summed E-state index contributed by atoms with van der Waals surface area (Å²) in [5.41, 5.74) is 1.56. The zero-order valence-corrected chi connectivity index (χ0v) is 15.4. The van der Waals surface area contributed by atoms with Crippen molar-refractivity contribution in [3.63, 3.8) is 0 Å². The van der Waals surface area contributed by atoms with Gasteiger partial charge in [0, 0.05) is 30.7 Å². The SMILES string of the molecule is CN1CCC(N(C(=O)c2cccnc2)c2ccn(-c3ccccc3)n2)CC1. The van der Waals surface area contributed by atoms with Crippen LogP contribution in [0.5, 0.6) is 0 Å². The fourth-order valence-electron chi connectivity index (χ4n) is 3.51. The Labute approximate surface area is 159 Å². The monoisotopic (exact) mass is 361 g/mol. The van der Waals surface area contributed by atoms with Crippen molar-refractivity contribution in [1.29, 1.82) is 0 Å². The van der Waals surface area contributed by atoms with E-state index in [1.54, 1.807) is 18.5 Å². The average Bonchev–Trinajstić information content (AvgIpc) is 3.20. The lowest BCUT2D eigenvalue weighted by molar-refractivity contribution is 0.0962. The summed E-state index contributed by atoms with van der Waals surface area (Å²) in [5, 5.41) is 4.71. The Kier molecular flexibility index (Phi) is 4.98. The van der Waals surface area contributed by atoms with Gasteiger partial charge < -0.3 is 4.90 Å². The summed E-state index contributed by atoms with van der Waals surface area (Å²) >= 11 is 0. The molecule has 1 fully saturated rings. The first-order valence-corrected chi connectivity index (χ1v) is 9.25. The minimum absolute atomic E-state index is 0.0454. The zero-order valence-electron chi connectivity index (χ0n) is 15.4. The van der Waals surface area contributed by atoms with Crippen molar-refractivity contribution in [1.82, 2.24) is 19.7 Å². The summed E-state index contributed by atoms with van der Waals surface area (Å²) in [6.07, 6.45) is 7.07. The van der Waals surface area contributed by atoms with Gasteiger partial charge in [-0.2, -0.15) is 0 Å². The number of rotatable bonds is 4. The van der Waals surface area contributed by atoms with Crippen LogP contribution in [0.1, 0.15) is 23.2 Å². The standard InChI is InChI=1S/C21H23N5O/c1-24-13-9-19(10-14-24)26(21(27)17-6-5-12-22-16-17)20-11-15-25(23-20)18-7-3-2-4-8-18/h2-8,11-12,15-16,19H,9-10,13-14H2,1H3. The summed E-state index contributed by atoms with van der Waals surface area (Å²) in [7, 11) is 2.12. The molecule has 27 heavy (non-hydrogen) atoms. The van der Waals surface area contributed by atoms with E-state index in [1.165, 1.54) is 0 Å². The molecule has 3 heterocycles. The number of carbonyl (C=O) groups excluding carboxylic acids is 1. The molecule has 0 bridgehead atoms. The van der Waals surface area contributed by atoms with E-state index in [1.807, 2.05) is 58.2 Å². The first kappa shape index (κ1) is 17.4. The maximum atomic E-state index is 13.3. The van der Waals surface area contributed by atoms with Crippen LogP contribution in [-0.2, 0) is 0 Å². The number of likely N-dealkylation sites (tertiary alicyclic amines) is 1. The van der Waals surface area contributed by atoms with Gasteiger partial charge in [-0.3, -0.25) is 14.7 Å². The number of aromatic nitrogens is 3. The fourth-order valence-corrected chi connectivity index (χ4v) is 3.51. The molecule has 138 valence electrons. The summed E-state index contributed by atoms with van der Waals surface area (Å²) in [5.74, 6) is 0.637. The predicted molar refractivity (Wildman–Crippen MR) is 105 cm³/mol. The molecule has 6 nitrogen and oxygen atoms in total. The van der Waals surface area contributed by atoms with Gasteiger partial charge in [0.05, 0.1) is 11.3 Å². The van der Waals surface area contributed by atoms with Crippen molar-refractivity contribution in [2.24, 2.45) is 0 Å². The number of carbonyl (C=O) groups is 1. The third-order valence-electron chi connectivity index (χ3n) is 5.02. The third-order valence-corrected chi connectivity index (χ3v) is 5.02. The van der Waals surface area contributed by atoms with E-state index in [0.717, 1.165) is 31.6 Å². The molecule has 0 saturated carbocycles. The number of nitrogens with zero attached hydrogens (tertiary/aromatic N) is 5. The number of para-hydroxylation sites is 1. The van der Waals surface area contributed by atoms with Gasteiger partial charge in [-0.25, -0.2) is 4.68 Å². The minimum Gasteiger partial charge on any atom is -0.306 e. The normalized spacial score (nSPS) is 15.6. The van der Waals surface area contributed by atoms with Crippen LogP contribution in [0.2, 0.25) is 0 Å². The zero-order chi connectivity index (χ0) is 18.6. The molecule has 2 aromatic heterocycles. The van der Waals surface area contributed by atoms with E-state index >= 15 is 0 Å². The number of pyridine rings is 1. The maximum absolute atomic E-state index is 13.3. The number of hydrogen-bond donors (Lipinski definition) is 0. The summed E-state index contributed by atoms with van der Waals surface area (Å²) < 4.78 is 1.81. The summed E-state index contributed by atoms with van der Waals surface area (Å²) in [6, 6.07) is 15.6. The van der Waals surface area contributed by atoms with Crippen molar-refractivity contribution in [2.45, 2.75) is 18.9 Å². The van der Waals surface area contributed by atoms with Crippen LogP contribution in [0.25, 0.3) is 5.69 Å². The van der Waals surface area contributed by atoms with E-state index < -0.39 is 0 Å². The smallest absolute Gasteiger partial charge is 0.261 e. The van der Waals surface area contributed by atoms with Gasteiger partial charge in [0.25, 0.3) is 5.91 Å². The second-order valence-corrected chi connectivity index (χ2v) is 6.91. The van der Waals surface area contributed by atoms with E-state index in [4.69, 9.17) is 5.10 Å². The van der Waals surface area contributed by atoms with Gasteiger partial charge in [-0.1, -0.05) is 18.2 Å². The van der Waals surface area contributed by atoms with Crippen LogP contribution < -0.4 is 4.90 Å². The topological polar surface area (TPSA) is 54.3 Å². The molecule has 1 aliphatic heterocycles. The van der Waals surface area contributed by atoms with Gasteiger partial charge in [0.1, 0.15) is 0 Å². The van der Waals surface area contributed by atoms with Crippen molar-refractivity contribution in [2.75, 3.05) is 25.0 Å². The Bertz CT molecular complexity index is 885. The lowest BCUT2D eigenvalue weighted by Crippen LogP contribution is -2.47. The number of amides is 1. The first-order valence-electron chi connectivity index (χ1n) is 9.25. The molecule has 0 aliphatic carbocycles. The maximum Gasteiger partial charge on any atom is 0.261 e. The van der Waals surface area contributed by atoms with Crippen LogP contribution in [-0.4, -0.2) is 51.8 Å². The highest BCUT2D eigenvalue weighted by atomic mass is 16.2. The fraction of sp³-hybridized carbons (Fsp3) is 0.286. The predicted octanol–water partition coefficient (Wildman–Crippen LogP) is 3.01. The van der Waals surface area contributed by atoms with Crippen molar-refractivity contribution < 1.29 is 4.79 Å². The van der Waals surface area contributed by atoms with Crippen molar-refractivity contribution in [3.8, 4) is 5.69 Å². The van der Waals surface area contributed by atoms with Crippen LogP contribution in [0.3, 0.4) is 0 Å². The molecular weight excluding hydrogens is 338 g/mol. The summed E-state index contributed by atoms with van der Waals surface area (Å²) in [6.45, 7) is 1.95. The third kappa shape index (κ3) is 3.75. The number of piperidine rings is 1. The van der Waals surface area contributed by atoms with E-state index in [-0.39, 0.29) is 11.9 Å². The molecule has 0 spiro atoms. The second kappa shape index (κ2) is 7.72. The molecule has 0 N–H and O–H groups in total. The quantitative estimate of drug-likeness (QED) is 0.717. The molecule has 0 unspecified atom stereocenters. The molecule has 1 amide bonds. The van der Waals surface area contributed by atoms with Gasteiger partial charge >= 0.3 is 0 Å². The Hall–Kier alpha value is -2.99. The highest BCUT2D eigenvalue weighted by Crippen LogP contribution is 2.25. The van der Waals surface area contributed by atoms with Gasteiger partial charge in [0.2, 0.25) is 0 Å². The molecule has 0 atom stereocenters. The molecular formula is C21H23N5O. The molecule has 4 rings (SSSR count). The van der Waals surface area contributed by atoms with Crippen LogP contribution in [0.4, 0.5) is 5.82 Å². The highest BCUT2D eigenvalue weighted by Gasteiger charge is 2.30. The van der Waals surface area contributed by atoms with E-state index in [0.29, 0.717) is 11.4 Å². The van der Waals surface area contributed by atoms with E-state index in [2.05, 4.69) is 16.9 Å². The lowest BCUT2D eigenvalue weighted by Gasteiger charge is -2.36. The van der Waals surface area contributed by atoms with Gasteiger partial charge in [0.15, 0.2) is 5.82 Å². The molecule has 1 saturated heterocycles. The average molecular weight is 361 g/mol. The molecule has 1 aromatic carbocycles. The van der Waals surface area contributed by atoms with Gasteiger partial charge in [-0.15, -0.1) is 5.10 Å². The van der Waals surface area contributed by atoms with Gasteiger partial charge in [-0.05, 0) is 57.2 Å². The van der Waals surface area contributed by atoms with Crippen LogP contribution >= 0.6 is 0 Å². The minimum atomic E-state index is -0.0454. The van der Waals surface area contributed by atoms with E-state index in [9.17, 15) is 4.79 Å². The summed E-state index contributed by atoms with van der Waals surface area (Å²) in [4.78, 5) is 21.6. The Morgan fingerprint density at radius 3 is 2.56 bits per heavy atom.